The Hall–Kier alpha value is -1.42. The van der Waals surface area contributed by atoms with Gasteiger partial charge in [0.25, 0.3) is 0 Å². The largest absolute Gasteiger partial charge is 0.479 e. The highest BCUT2D eigenvalue weighted by Crippen LogP contribution is 2.29. The topological polar surface area (TPSA) is 130 Å². The molecule has 3 rings (SSSR count). The van der Waals surface area contributed by atoms with Crippen molar-refractivity contribution in [3.05, 3.63) is 33.8 Å². The molecule has 1 heterocycles. The molecule has 2 fully saturated rings. The van der Waals surface area contributed by atoms with Crippen molar-refractivity contribution in [3.8, 4) is 0 Å². The van der Waals surface area contributed by atoms with E-state index in [4.69, 9.17) is 43.6 Å². The molecular formula is C21H30Cl2N2O6. The number of aliphatic carboxylic acids is 2. The third-order valence-electron chi connectivity index (χ3n) is 5.69. The molecule has 1 aliphatic carbocycles. The van der Waals surface area contributed by atoms with E-state index in [0.717, 1.165) is 35.1 Å². The fraction of sp³-hybridized carbons (Fsp3) is 0.619. The van der Waals surface area contributed by atoms with Crippen molar-refractivity contribution >= 4 is 35.1 Å². The molecule has 10 heteroatoms. The molecular weight excluding hydrogens is 447 g/mol. The summed E-state index contributed by atoms with van der Waals surface area (Å²) in [5.74, 6) is -2.75. The van der Waals surface area contributed by atoms with Crippen LogP contribution in [0.25, 0.3) is 0 Å². The van der Waals surface area contributed by atoms with Crippen LogP contribution in [-0.4, -0.2) is 75.1 Å². The normalized spacial score (nSPS) is 20.9. The molecule has 1 aliphatic heterocycles. The quantitative estimate of drug-likeness (QED) is 0.386. The molecule has 8 nitrogen and oxygen atoms in total. The van der Waals surface area contributed by atoms with Gasteiger partial charge in [-0.1, -0.05) is 42.1 Å². The second-order valence-corrected chi connectivity index (χ2v) is 8.87. The van der Waals surface area contributed by atoms with Crippen LogP contribution in [-0.2, 0) is 16.1 Å². The first kappa shape index (κ1) is 25.8. The molecule has 0 aromatic heterocycles. The first-order chi connectivity index (χ1) is 14.7. The number of nitrogens with zero attached hydrogens (tertiary/aromatic N) is 1. The van der Waals surface area contributed by atoms with E-state index in [9.17, 15) is 9.59 Å². The maximum atomic E-state index is 9.77. The molecule has 0 spiro atoms. The van der Waals surface area contributed by atoms with E-state index < -0.39 is 24.1 Å². The minimum atomic E-state index is -2.27. The van der Waals surface area contributed by atoms with Crippen LogP contribution < -0.4 is 5.32 Å². The average Bonchev–Trinajstić information content (AvgIpc) is 3.42. The zero-order valence-electron chi connectivity index (χ0n) is 17.2. The summed E-state index contributed by atoms with van der Waals surface area (Å²) >= 11 is 12.4. The summed E-state index contributed by atoms with van der Waals surface area (Å²) in [5, 5.41) is 37.5. The van der Waals surface area contributed by atoms with Crippen LogP contribution >= 0.6 is 23.2 Å². The first-order valence-corrected chi connectivity index (χ1v) is 11.1. The van der Waals surface area contributed by atoms with Crippen molar-refractivity contribution < 1.29 is 30.0 Å². The zero-order chi connectivity index (χ0) is 23.0. The van der Waals surface area contributed by atoms with Crippen molar-refractivity contribution in [2.75, 3.05) is 19.6 Å². The van der Waals surface area contributed by atoms with Crippen LogP contribution in [0.4, 0.5) is 0 Å². The molecule has 5 N–H and O–H groups in total. The number of benzene rings is 1. The fourth-order valence-electron chi connectivity index (χ4n) is 3.95. The number of aliphatic hydroxyl groups excluding tert-OH is 2. The van der Waals surface area contributed by atoms with E-state index in [-0.39, 0.29) is 0 Å². The number of aliphatic hydroxyl groups is 2. The standard InChI is InChI=1S/C17H24Cl2N2.C4H6O6/c18-15-6-5-14(17(19)9-15)12-21(16-3-1-2-4-16)11-13-7-8-20-10-13;5-1(3(7)8)2(6)4(9)10/h5-6,9,13,16,20H,1-4,7-8,10-12H2;1-2,5-6H,(H,7,8)(H,9,10)/t13-;/m0./s1. The first-order valence-electron chi connectivity index (χ1n) is 10.4. The number of carboxylic acids is 2. The molecule has 3 atom stereocenters. The molecule has 1 aromatic rings. The monoisotopic (exact) mass is 476 g/mol. The maximum absolute atomic E-state index is 9.77. The van der Waals surface area contributed by atoms with E-state index in [0.29, 0.717) is 0 Å². The number of halogens is 2. The van der Waals surface area contributed by atoms with Gasteiger partial charge in [-0.3, -0.25) is 4.90 Å². The smallest absolute Gasteiger partial charge is 0.335 e. The molecule has 0 bridgehead atoms. The van der Waals surface area contributed by atoms with Gasteiger partial charge in [0.1, 0.15) is 0 Å². The lowest BCUT2D eigenvalue weighted by Gasteiger charge is -2.31. The summed E-state index contributed by atoms with van der Waals surface area (Å²) in [6, 6.07) is 6.63. The number of hydrogen-bond acceptors (Lipinski definition) is 6. The van der Waals surface area contributed by atoms with Crippen LogP contribution in [0.5, 0.6) is 0 Å². The predicted molar refractivity (Wildman–Crippen MR) is 117 cm³/mol. The van der Waals surface area contributed by atoms with Gasteiger partial charge in [0.05, 0.1) is 0 Å². The van der Waals surface area contributed by atoms with Gasteiger partial charge >= 0.3 is 11.9 Å². The van der Waals surface area contributed by atoms with Crippen molar-refractivity contribution in [1.82, 2.24) is 10.2 Å². The lowest BCUT2D eigenvalue weighted by Crippen LogP contribution is -2.39. The van der Waals surface area contributed by atoms with Gasteiger partial charge < -0.3 is 25.7 Å². The Kier molecular flexibility index (Phi) is 10.5. The molecule has 1 saturated heterocycles. The minimum Gasteiger partial charge on any atom is -0.479 e. The fourth-order valence-corrected chi connectivity index (χ4v) is 4.42. The third-order valence-corrected chi connectivity index (χ3v) is 6.28. The maximum Gasteiger partial charge on any atom is 0.335 e. The van der Waals surface area contributed by atoms with Gasteiger partial charge in [0.15, 0.2) is 12.2 Å². The van der Waals surface area contributed by atoms with Gasteiger partial charge in [-0.25, -0.2) is 9.59 Å². The molecule has 31 heavy (non-hydrogen) atoms. The highest BCUT2D eigenvalue weighted by molar-refractivity contribution is 6.35. The van der Waals surface area contributed by atoms with Crippen molar-refractivity contribution in [2.24, 2.45) is 5.92 Å². The zero-order valence-corrected chi connectivity index (χ0v) is 18.7. The molecule has 0 radical (unpaired) electrons. The Morgan fingerprint density at radius 1 is 1.06 bits per heavy atom. The lowest BCUT2D eigenvalue weighted by atomic mass is 10.1. The highest BCUT2D eigenvalue weighted by Gasteiger charge is 2.29. The molecule has 2 unspecified atom stereocenters. The van der Waals surface area contributed by atoms with Crippen molar-refractivity contribution in [2.45, 2.75) is 56.9 Å². The number of carboxylic acid groups (broad SMARTS) is 2. The van der Waals surface area contributed by atoms with Crippen molar-refractivity contribution in [1.29, 1.82) is 0 Å². The Labute approximate surface area is 191 Å². The summed E-state index contributed by atoms with van der Waals surface area (Å²) in [6.07, 6.45) is 2.19. The number of rotatable bonds is 8. The van der Waals surface area contributed by atoms with E-state index in [1.807, 2.05) is 12.1 Å². The lowest BCUT2D eigenvalue weighted by molar-refractivity contribution is -0.165. The van der Waals surface area contributed by atoms with Gasteiger partial charge in [0, 0.05) is 29.2 Å². The van der Waals surface area contributed by atoms with E-state index in [2.05, 4.69) is 16.3 Å². The minimum absolute atomic E-state index is 0.719. The van der Waals surface area contributed by atoms with Crippen molar-refractivity contribution in [3.63, 3.8) is 0 Å². The third kappa shape index (κ3) is 8.21. The van der Waals surface area contributed by atoms with E-state index in [1.165, 1.54) is 50.8 Å². The Bertz CT molecular complexity index is 721. The molecule has 0 amide bonds. The summed E-state index contributed by atoms with van der Waals surface area (Å²) in [6.45, 7) is 4.48. The van der Waals surface area contributed by atoms with Crippen LogP contribution in [0.3, 0.4) is 0 Å². The van der Waals surface area contributed by atoms with Crippen LogP contribution in [0, 0.1) is 5.92 Å². The molecule has 1 saturated carbocycles. The Balaban J connectivity index is 0.000000291. The van der Waals surface area contributed by atoms with E-state index >= 15 is 0 Å². The van der Waals surface area contributed by atoms with Crippen LogP contribution in [0.15, 0.2) is 18.2 Å². The average molecular weight is 477 g/mol. The molecule has 174 valence electrons. The summed E-state index contributed by atoms with van der Waals surface area (Å²) < 4.78 is 0. The Morgan fingerprint density at radius 3 is 2.16 bits per heavy atom. The van der Waals surface area contributed by atoms with Gasteiger partial charge in [-0.05, 0) is 56.0 Å². The van der Waals surface area contributed by atoms with Gasteiger partial charge in [0.2, 0.25) is 0 Å². The molecule has 2 aliphatic rings. The summed E-state index contributed by atoms with van der Waals surface area (Å²) in [5.41, 5.74) is 1.21. The molecule has 1 aromatic carbocycles. The number of nitrogens with one attached hydrogen (secondary N) is 1. The van der Waals surface area contributed by atoms with E-state index in [1.54, 1.807) is 0 Å². The second kappa shape index (κ2) is 12.6. The Morgan fingerprint density at radius 2 is 1.68 bits per heavy atom. The van der Waals surface area contributed by atoms with Gasteiger partial charge in [-0.2, -0.15) is 0 Å². The van der Waals surface area contributed by atoms with Crippen LogP contribution in [0.1, 0.15) is 37.7 Å². The predicted octanol–water partition coefficient (Wildman–Crippen LogP) is 2.22. The number of hydrogen-bond donors (Lipinski definition) is 5. The highest BCUT2D eigenvalue weighted by atomic mass is 35.5. The summed E-state index contributed by atoms with van der Waals surface area (Å²) in [4.78, 5) is 22.2. The SMILES string of the molecule is Clc1ccc(CN(C[C@H]2CCNC2)C2CCCC2)c(Cl)c1.O=C(O)C(O)C(O)C(=O)O. The number of carbonyl (C=O) groups is 2. The van der Waals surface area contributed by atoms with Crippen LogP contribution in [0.2, 0.25) is 10.0 Å². The van der Waals surface area contributed by atoms with Gasteiger partial charge in [-0.15, -0.1) is 0 Å². The summed E-state index contributed by atoms with van der Waals surface area (Å²) in [7, 11) is 0. The second-order valence-electron chi connectivity index (χ2n) is 8.03.